The molecule has 0 radical (unpaired) electrons. The molecule has 1 aliphatic rings. The smallest absolute Gasteiger partial charge is 0.331 e. The van der Waals surface area contributed by atoms with Gasteiger partial charge in [0.1, 0.15) is 16.7 Å². The van der Waals surface area contributed by atoms with E-state index in [9.17, 15) is 14.7 Å². The SMILES string of the molecule is Cc1ccc(COc2ccccc2/C=C2/SC(=S)N([C@@H](C(=O)O)c3ccccc3)C2=O)cc1. The molecule has 0 saturated carbocycles. The zero-order chi connectivity index (χ0) is 23.4. The van der Waals surface area contributed by atoms with Crippen LogP contribution in [0.15, 0.2) is 83.8 Å². The van der Waals surface area contributed by atoms with Crippen LogP contribution in [0.4, 0.5) is 0 Å². The van der Waals surface area contributed by atoms with Gasteiger partial charge in [-0.1, -0.05) is 102 Å². The van der Waals surface area contributed by atoms with E-state index >= 15 is 0 Å². The summed E-state index contributed by atoms with van der Waals surface area (Å²) in [5, 5.41) is 9.84. The zero-order valence-corrected chi connectivity index (χ0v) is 19.4. The number of carboxylic acid groups (broad SMARTS) is 1. The van der Waals surface area contributed by atoms with Crippen LogP contribution in [-0.2, 0) is 16.2 Å². The van der Waals surface area contributed by atoms with Crippen LogP contribution in [0.3, 0.4) is 0 Å². The van der Waals surface area contributed by atoms with Gasteiger partial charge >= 0.3 is 5.97 Å². The fraction of sp³-hybridized carbons (Fsp3) is 0.115. The average molecular weight is 476 g/mol. The van der Waals surface area contributed by atoms with Gasteiger partial charge < -0.3 is 9.84 Å². The van der Waals surface area contributed by atoms with Crippen molar-refractivity contribution in [2.75, 3.05) is 0 Å². The number of amides is 1. The molecule has 1 fully saturated rings. The summed E-state index contributed by atoms with van der Waals surface area (Å²) in [5.74, 6) is -0.948. The maximum absolute atomic E-state index is 13.2. The van der Waals surface area contributed by atoms with E-state index in [-0.39, 0.29) is 4.32 Å². The monoisotopic (exact) mass is 475 g/mol. The van der Waals surface area contributed by atoms with Gasteiger partial charge in [-0.2, -0.15) is 0 Å². The molecule has 7 heteroatoms. The number of carbonyl (C=O) groups is 2. The lowest BCUT2D eigenvalue weighted by molar-refractivity contribution is -0.145. The molecule has 1 saturated heterocycles. The number of thiocarbonyl (C=S) groups is 1. The van der Waals surface area contributed by atoms with Gasteiger partial charge in [-0.15, -0.1) is 0 Å². The number of aliphatic carboxylic acids is 1. The van der Waals surface area contributed by atoms with E-state index in [2.05, 4.69) is 0 Å². The van der Waals surface area contributed by atoms with E-state index in [0.717, 1.165) is 22.9 Å². The minimum atomic E-state index is -1.18. The molecule has 0 unspecified atom stereocenters. The molecule has 1 aliphatic heterocycles. The number of rotatable bonds is 7. The molecule has 1 N–H and O–H groups in total. The topological polar surface area (TPSA) is 66.8 Å². The van der Waals surface area contributed by atoms with Crippen molar-refractivity contribution in [3.8, 4) is 5.75 Å². The summed E-state index contributed by atoms with van der Waals surface area (Å²) >= 11 is 6.49. The number of carbonyl (C=O) groups excluding carboxylic acids is 1. The van der Waals surface area contributed by atoms with Crippen molar-refractivity contribution < 1.29 is 19.4 Å². The Morgan fingerprint density at radius 3 is 2.42 bits per heavy atom. The molecule has 166 valence electrons. The van der Waals surface area contributed by atoms with Crippen molar-refractivity contribution in [2.24, 2.45) is 0 Å². The van der Waals surface area contributed by atoms with E-state index < -0.39 is 17.9 Å². The molecule has 33 heavy (non-hydrogen) atoms. The number of aryl methyl sites for hydroxylation is 1. The Bertz CT molecular complexity index is 1220. The second-order valence-electron chi connectivity index (χ2n) is 7.52. The predicted octanol–water partition coefficient (Wildman–Crippen LogP) is 5.60. The fourth-order valence-corrected chi connectivity index (χ4v) is 4.76. The van der Waals surface area contributed by atoms with Gasteiger partial charge in [0.05, 0.1) is 4.91 Å². The van der Waals surface area contributed by atoms with E-state index in [1.165, 1.54) is 10.5 Å². The van der Waals surface area contributed by atoms with Crippen molar-refractivity contribution >= 4 is 46.3 Å². The Labute approximate surface area is 201 Å². The Morgan fingerprint density at radius 1 is 1.06 bits per heavy atom. The highest BCUT2D eigenvalue weighted by molar-refractivity contribution is 8.26. The Balaban J connectivity index is 1.59. The standard InChI is InChI=1S/C26H21NO4S2/c1-17-11-13-18(14-12-17)16-31-21-10-6-5-9-20(21)15-22-24(28)27(26(32)33-22)23(25(29)30)19-7-3-2-4-8-19/h2-15,23H,16H2,1H3,(H,29,30)/b22-15+/t23-/m1/s1. The quantitative estimate of drug-likeness (QED) is 0.354. The number of ether oxygens (including phenoxy) is 1. The minimum absolute atomic E-state index is 0.209. The highest BCUT2D eigenvalue weighted by Crippen LogP contribution is 2.39. The first-order valence-corrected chi connectivity index (χ1v) is 11.5. The third kappa shape index (κ3) is 5.16. The Kier molecular flexibility index (Phi) is 6.91. The summed E-state index contributed by atoms with van der Waals surface area (Å²) in [7, 11) is 0. The summed E-state index contributed by atoms with van der Waals surface area (Å²) in [6.07, 6.45) is 1.70. The maximum Gasteiger partial charge on any atom is 0.331 e. The summed E-state index contributed by atoms with van der Waals surface area (Å²) in [6.45, 7) is 2.42. The highest BCUT2D eigenvalue weighted by Gasteiger charge is 2.41. The molecule has 0 bridgehead atoms. The number of thioether (sulfide) groups is 1. The number of carboxylic acids is 1. The Hall–Kier alpha value is -3.42. The fourth-order valence-electron chi connectivity index (χ4n) is 3.46. The summed E-state index contributed by atoms with van der Waals surface area (Å²) in [6, 6.07) is 22.9. The molecular formula is C26H21NO4S2. The molecule has 0 spiro atoms. The van der Waals surface area contributed by atoms with Crippen LogP contribution in [0.25, 0.3) is 6.08 Å². The van der Waals surface area contributed by atoms with Crippen molar-refractivity contribution in [1.82, 2.24) is 4.90 Å². The third-order valence-electron chi connectivity index (χ3n) is 5.15. The largest absolute Gasteiger partial charge is 0.488 e. The Morgan fingerprint density at radius 2 is 1.73 bits per heavy atom. The summed E-state index contributed by atoms with van der Waals surface area (Å²) in [4.78, 5) is 26.8. The van der Waals surface area contributed by atoms with Gasteiger partial charge in [-0.05, 0) is 30.2 Å². The van der Waals surface area contributed by atoms with Crippen molar-refractivity contribution in [1.29, 1.82) is 0 Å². The van der Waals surface area contributed by atoms with Crippen LogP contribution in [0.5, 0.6) is 5.75 Å². The van der Waals surface area contributed by atoms with Crippen LogP contribution < -0.4 is 4.74 Å². The zero-order valence-electron chi connectivity index (χ0n) is 17.8. The average Bonchev–Trinajstić information content (AvgIpc) is 3.08. The molecule has 4 rings (SSSR count). The summed E-state index contributed by atoms with van der Waals surface area (Å²) in [5.41, 5.74) is 3.42. The lowest BCUT2D eigenvalue weighted by atomic mass is 10.1. The number of nitrogens with zero attached hydrogens (tertiary/aromatic N) is 1. The van der Waals surface area contributed by atoms with Crippen molar-refractivity contribution in [3.05, 3.63) is 106 Å². The first kappa shape index (κ1) is 22.8. The first-order chi connectivity index (χ1) is 15.9. The molecule has 3 aromatic carbocycles. The second-order valence-corrected chi connectivity index (χ2v) is 9.19. The van der Waals surface area contributed by atoms with E-state index in [1.54, 1.807) is 36.4 Å². The van der Waals surface area contributed by atoms with Crippen LogP contribution in [0, 0.1) is 6.92 Å². The predicted molar refractivity (Wildman–Crippen MR) is 134 cm³/mol. The molecule has 5 nitrogen and oxygen atoms in total. The summed E-state index contributed by atoms with van der Waals surface area (Å²) < 4.78 is 6.22. The van der Waals surface area contributed by atoms with Crippen LogP contribution in [0.1, 0.15) is 28.3 Å². The van der Waals surface area contributed by atoms with Gasteiger partial charge in [-0.3, -0.25) is 9.69 Å². The van der Waals surface area contributed by atoms with Gasteiger partial charge in [0.25, 0.3) is 5.91 Å². The first-order valence-electron chi connectivity index (χ1n) is 10.3. The van der Waals surface area contributed by atoms with Gasteiger partial charge in [0.15, 0.2) is 6.04 Å². The number of hydrogen-bond donors (Lipinski definition) is 1. The van der Waals surface area contributed by atoms with Crippen molar-refractivity contribution in [2.45, 2.75) is 19.6 Å². The lowest BCUT2D eigenvalue weighted by Crippen LogP contribution is -2.37. The van der Waals surface area contributed by atoms with Gasteiger partial charge in [0, 0.05) is 5.56 Å². The molecule has 1 heterocycles. The molecule has 0 aromatic heterocycles. The molecule has 1 atom stereocenters. The van der Waals surface area contributed by atoms with E-state index in [4.69, 9.17) is 17.0 Å². The number of hydrogen-bond acceptors (Lipinski definition) is 5. The maximum atomic E-state index is 13.2. The molecular weight excluding hydrogens is 454 g/mol. The minimum Gasteiger partial charge on any atom is -0.488 e. The van der Waals surface area contributed by atoms with Gasteiger partial charge in [0.2, 0.25) is 0 Å². The van der Waals surface area contributed by atoms with Crippen LogP contribution in [-0.4, -0.2) is 26.2 Å². The van der Waals surface area contributed by atoms with E-state index in [0.29, 0.717) is 22.8 Å². The van der Waals surface area contributed by atoms with Gasteiger partial charge in [-0.25, -0.2) is 4.79 Å². The van der Waals surface area contributed by atoms with E-state index in [1.807, 2.05) is 55.5 Å². The number of para-hydroxylation sites is 1. The molecule has 3 aromatic rings. The van der Waals surface area contributed by atoms with Crippen molar-refractivity contribution in [3.63, 3.8) is 0 Å². The van der Waals surface area contributed by atoms with Crippen LogP contribution >= 0.6 is 24.0 Å². The highest BCUT2D eigenvalue weighted by atomic mass is 32.2. The van der Waals surface area contributed by atoms with Crippen LogP contribution in [0.2, 0.25) is 0 Å². The third-order valence-corrected chi connectivity index (χ3v) is 6.48. The number of benzene rings is 3. The molecule has 0 aliphatic carbocycles. The normalized spacial score (nSPS) is 15.7. The lowest BCUT2D eigenvalue weighted by Gasteiger charge is -2.23. The second kappa shape index (κ2) is 10.0. The molecule has 1 amide bonds.